The lowest BCUT2D eigenvalue weighted by Gasteiger charge is -2.31. The van der Waals surface area contributed by atoms with Gasteiger partial charge in [-0.15, -0.1) is 0 Å². The van der Waals surface area contributed by atoms with Crippen LogP contribution in [0.15, 0.2) is 24.4 Å². The first-order chi connectivity index (χ1) is 14.0. The van der Waals surface area contributed by atoms with E-state index in [1.54, 1.807) is 11.3 Å². The first-order valence-electron chi connectivity index (χ1n) is 10.2. The Labute approximate surface area is 174 Å². The Morgan fingerprint density at radius 3 is 2.66 bits per heavy atom. The minimum atomic E-state index is 0.563. The van der Waals surface area contributed by atoms with Gasteiger partial charge in [0.05, 0.1) is 27.8 Å². The van der Waals surface area contributed by atoms with Crippen molar-refractivity contribution in [3.63, 3.8) is 0 Å². The molecule has 0 spiro atoms. The number of piperidine rings is 1. The van der Waals surface area contributed by atoms with E-state index < -0.39 is 0 Å². The number of aryl methyl sites for hydroxylation is 3. The van der Waals surface area contributed by atoms with Crippen LogP contribution >= 0.6 is 11.3 Å². The predicted octanol–water partition coefficient (Wildman–Crippen LogP) is 4.12. The van der Waals surface area contributed by atoms with E-state index >= 15 is 0 Å². The average molecular weight is 407 g/mol. The van der Waals surface area contributed by atoms with Gasteiger partial charge in [0.1, 0.15) is 0 Å². The van der Waals surface area contributed by atoms with Gasteiger partial charge in [-0.25, -0.2) is 14.5 Å². The van der Waals surface area contributed by atoms with Gasteiger partial charge in [-0.3, -0.25) is 0 Å². The van der Waals surface area contributed by atoms with Gasteiger partial charge >= 0.3 is 0 Å². The second-order valence-corrected chi connectivity index (χ2v) is 9.10. The Morgan fingerprint density at radius 1 is 1.07 bits per heavy atom. The van der Waals surface area contributed by atoms with Crippen molar-refractivity contribution >= 4 is 32.3 Å². The summed E-state index contributed by atoms with van der Waals surface area (Å²) in [4.78, 5) is 11.9. The molecule has 1 aromatic carbocycles. The molecule has 4 heterocycles. The molecule has 1 fully saturated rings. The van der Waals surface area contributed by atoms with E-state index in [4.69, 9.17) is 10.1 Å². The minimum absolute atomic E-state index is 0.563. The number of fused-ring (bicyclic) bond motifs is 2. The second kappa shape index (κ2) is 7.07. The molecule has 5 rings (SSSR count). The predicted molar refractivity (Wildman–Crippen MR) is 120 cm³/mol. The van der Waals surface area contributed by atoms with E-state index in [1.807, 2.05) is 17.6 Å². The van der Waals surface area contributed by atoms with Crippen molar-refractivity contribution in [1.82, 2.24) is 24.9 Å². The van der Waals surface area contributed by atoms with Gasteiger partial charge in [0.2, 0.25) is 0 Å². The third-order valence-electron chi connectivity index (χ3n) is 5.86. The van der Waals surface area contributed by atoms with Crippen LogP contribution in [0.1, 0.15) is 29.7 Å². The summed E-state index contributed by atoms with van der Waals surface area (Å²) in [5, 5.41) is 9.36. The summed E-state index contributed by atoms with van der Waals surface area (Å²) in [5.74, 6) is 0. The zero-order valence-electron chi connectivity index (χ0n) is 17.4. The van der Waals surface area contributed by atoms with Crippen molar-refractivity contribution in [1.29, 1.82) is 0 Å². The molecule has 0 saturated carbocycles. The summed E-state index contributed by atoms with van der Waals surface area (Å²) in [6.07, 6.45) is 4.32. The molecule has 1 aliphatic heterocycles. The number of thiazole rings is 1. The van der Waals surface area contributed by atoms with Gasteiger partial charge in [-0.1, -0.05) is 11.3 Å². The summed E-state index contributed by atoms with van der Waals surface area (Å²) in [6.45, 7) is 8.42. The highest BCUT2D eigenvalue weighted by Gasteiger charge is 2.21. The SMILES string of the molecule is Cc1cn2nc(-c3cc(C)c4nc(N(C)C5CCNCC5)sc4c3)cc(C)c2n1. The monoisotopic (exact) mass is 406 g/mol. The van der Waals surface area contributed by atoms with Crippen LogP contribution < -0.4 is 10.2 Å². The van der Waals surface area contributed by atoms with Crippen molar-refractivity contribution in [2.75, 3.05) is 25.0 Å². The van der Waals surface area contributed by atoms with E-state index in [9.17, 15) is 0 Å². The molecule has 0 amide bonds. The van der Waals surface area contributed by atoms with Crippen LogP contribution in [-0.2, 0) is 0 Å². The van der Waals surface area contributed by atoms with Gasteiger partial charge < -0.3 is 10.2 Å². The molecule has 1 aliphatic rings. The highest BCUT2D eigenvalue weighted by Crippen LogP contribution is 2.35. The van der Waals surface area contributed by atoms with Crippen molar-refractivity contribution < 1.29 is 0 Å². The van der Waals surface area contributed by atoms with E-state index in [1.165, 1.54) is 23.1 Å². The first-order valence-corrected chi connectivity index (χ1v) is 11.0. The Balaban J connectivity index is 1.56. The van der Waals surface area contributed by atoms with Crippen molar-refractivity contribution in [3.05, 3.63) is 41.2 Å². The molecular formula is C22H26N6S. The van der Waals surface area contributed by atoms with Gasteiger partial charge in [0.25, 0.3) is 0 Å². The van der Waals surface area contributed by atoms with Crippen LogP contribution in [0.2, 0.25) is 0 Å². The molecule has 3 aromatic heterocycles. The number of hydrogen-bond donors (Lipinski definition) is 1. The van der Waals surface area contributed by atoms with E-state index in [-0.39, 0.29) is 0 Å². The fourth-order valence-electron chi connectivity index (χ4n) is 4.22. The van der Waals surface area contributed by atoms with Gasteiger partial charge in [-0.05, 0) is 76.0 Å². The summed E-state index contributed by atoms with van der Waals surface area (Å²) < 4.78 is 3.11. The summed E-state index contributed by atoms with van der Waals surface area (Å²) in [7, 11) is 2.18. The molecule has 29 heavy (non-hydrogen) atoms. The largest absolute Gasteiger partial charge is 0.348 e. The highest BCUT2D eigenvalue weighted by atomic mass is 32.1. The zero-order chi connectivity index (χ0) is 20.1. The van der Waals surface area contributed by atoms with Gasteiger partial charge in [0, 0.05) is 18.7 Å². The number of nitrogens with zero attached hydrogens (tertiary/aromatic N) is 5. The number of anilines is 1. The number of aromatic nitrogens is 4. The molecular weight excluding hydrogens is 380 g/mol. The van der Waals surface area contributed by atoms with Crippen molar-refractivity contribution in [2.45, 2.75) is 39.7 Å². The third-order valence-corrected chi connectivity index (χ3v) is 6.95. The molecule has 0 atom stereocenters. The topological polar surface area (TPSA) is 58.4 Å². The molecule has 1 saturated heterocycles. The third kappa shape index (κ3) is 3.28. The first kappa shape index (κ1) is 18.5. The molecule has 0 bridgehead atoms. The fraction of sp³-hybridized carbons (Fsp3) is 0.409. The smallest absolute Gasteiger partial charge is 0.186 e. The Hall–Kier alpha value is -2.51. The normalized spacial score (nSPS) is 15.4. The summed E-state index contributed by atoms with van der Waals surface area (Å²) in [5.41, 5.74) is 7.44. The van der Waals surface area contributed by atoms with Crippen LogP contribution in [0, 0.1) is 20.8 Å². The number of rotatable bonds is 3. The number of imidazole rings is 1. The second-order valence-electron chi connectivity index (χ2n) is 8.09. The standard InChI is InChI=1S/C22H26N6S/c1-13-9-16(18-10-14(2)21-24-15(3)12-28(21)26-18)11-19-20(13)25-22(29-19)27(4)17-5-7-23-8-6-17/h9-12,17,23H,5-8H2,1-4H3. The van der Waals surface area contributed by atoms with Gasteiger partial charge in [-0.2, -0.15) is 5.10 Å². The molecule has 4 aromatic rings. The van der Waals surface area contributed by atoms with Crippen LogP contribution in [0.5, 0.6) is 0 Å². The maximum absolute atomic E-state index is 4.98. The summed E-state index contributed by atoms with van der Waals surface area (Å²) in [6, 6.07) is 7.13. The summed E-state index contributed by atoms with van der Waals surface area (Å²) >= 11 is 1.78. The van der Waals surface area contributed by atoms with Crippen LogP contribution in [-0.4, -0.2) is 45.8 Å². The maximum Gasteiger partial charge on any atom is 0.186 e. The fourth-order valence-corrected chi connectivity index (χ4v) is 5.34. The zero-order valence-corrected chi connectivity index (χ0v) is 18.2. The lowest BCUT2D eigenvalue weighted by molar-refractivity contribution is 0.443. The molecule has 0 unspecified atom stereocenters. The van der Waals surface area contributed by atoms with Crippen LogP contribution in [0.25, 0.3) is 27.1 Å². The molecule has 1 N–H and O–H groups in total. The van der Waals surface area contributed by atoms with Crippen LogP contribution in [0.3, 0.4) is 0 Å². The quantitative estimate of drug-likeness (QED) is 0.555. The maximum atomic E-state index is 4.98. The lowest BCUT2D eigenvalue weighted by atomic mass is 10.1. The Morgan fingerprint density at radius 2 is 1.86 bits per heavy atom. The van der Waals surface area contributed by atoms with E-state index in [2.05, 4.69) is 54.3 Å². The van der Waals surface area contributed by atoms with E-state index in [0.717, 1.165) is 51.9 Å². The lowest BCUT2D eigenvalue weighted by Crippen LogP contribution is -2.41. The van der Waals surface area contributed by atoms with Crippen LogP contribution in [0.4, 0.5) is 5.13 Å². The van der Waals surface area contributed by atoms with Gasteiger partial charge in [0.15, 0.2) is 10.8 Å². The average Bonchev–Trinajstić information content (AvgIpc) is 3.31. The number of benzene rings is 1. The number of hydrogen-bond acceptors (Lipinski definition) is 6. The highest BCUT2D eigenvalue weighted by molar-refractivity contribution is 7.22. The Bertz CT molecular complexity index is 1200. The minimum Gasteiger partial charge on any atom is -0.348 e. The molecule has 7 heteroatoms. The van der Waals surface area contributed by atoms with Crippen molar-refractivity contribution in [3.8, 4) is 11.3 Å². The molecule has 6 nitrogen and oxygen atoms in total. The molecule has 0 aliphatic carbocycles. The molecule has 150 valence electrons. The Kier molecular flexibility index (Phi) is 4.52. The number of nitrogens with one attached hydrogen (secondary N) is 1. The van der Waals surface area contributed by atoms with Crippen molar-refractivity contribution in [2.24, 2.45) is 0 Å². The van der Waals surface area contributed by atoms with E-state index in [0.29, 0.717) is 6.04 Å². The molecule has 0 radical (unpaired) electrons.